The van der Waals surface area contributed by atoms with E-state index in [4.69, 9.17) is 18.4 Å². The number of hydrogen-bond acceptors (Lipinski definition) is 7. The van der Waals surface area contributed by atoms with E-state index >= 15 is 0 Å². The van der Waals surface area contributed by atoms with Gasteiger partial charge in [-0.3, -0.25) is 4.18 Å². The summed E-state index contributed by atoms with van der Waals surface area (Å²) in [6.45, 7) is 7.82. The van der Waals surface area contributed by atoms with E-state index in [1.807, 2.05) is 6.92 Å². The Balaban J connectivity index is 2.08. The molecule has 1 aromatic carbocycles. The fourth-order valence-corrected chi connectivity index (χ4v) is 4.23. The standard InChI is InChI=1S/C21H33NO7S/c1-16-8-10-17(11-9-16)30(24,25)28-14-12-18-19(27-15-26-5)7-6-13-22(18)20(23)29-21(2,3)4/h8-11,18-19H,6-7,12-15H2,1-5H3/t18-,19+/m1/s1. The van der Waals surface area contributed by atoms with Gasteiger partial charge in [0.25, 0.3) is 10.1 Å². The smallest absolute Gasteiger partial charge is 0.410 e. The van der Waals surface area contributed by atoms with Gasteiger partial charge in [-0.15, -0.1) is 0 Å². The summed E-state index contributed by atoms with van der Waals surface area (Å²) in [4.78, 5) is 14.4. The summed E-state index contributed by atoms with van der Waals surface area (Å²) >= 11 is 0. The number of rotatable bonds is 8. The van der Waals surface area contributed by atoms with Gasteiger partial charge in [-0.25, -0.2) is 4.79 Å². The molecule has 0 radical (unpaired) electrons. The Kier molecular flexibility index (Phi) is 8.66. The van der Waals surface area contributed by atoms with Gasteiger partial charge in [0, 0.05) is 13.7 Å². The molecule has 0 unspecified atom stereocenters. The second-order valence-electron chi connectivity index (χ2n) is 8.37. The molecule has 1 amide bonds. The predicted molar refractivity (Wildman–Crippen MR) is 112 cm³/mol. The molecule has 0 spiro atoms. The highest BCUT2D eigenvalue weighted by molar-refractivity contribution is 7.86. The minimum Gasteiger partial charge on any atom is -0.444 e. The molecule has 1 aliphatic heterocycles. The molecule has 1 fully saturated rings. The number of nitrogens with zero attached hydrogens (tertiary/aromatic N) is 1. The van der Waals surface area contributed by atoms with E-state index in [-0.39, 0.29) is 30.4 Å². The van der Waals surface area contributed by atoms with Crippen molar-refractivity contribution in [3.05, 3.63) is 29.8 Å². The lowest BCUT2D eigenvalue weighted by atomic mass is 9.96. The zero-order chi connectivity index (χ0) is 22.4. The summed E-state index contributed by atoms with van der Waals surface area (Å²) in [6.07, 6.45) is 1.04. The van der Waals surface area contributed by atoms with Gasteiger partial charge in [-0.1, -0.05) is 17.7 Å². The second kappa shape index (κ2) is 10.6. The highest BCUT2D eigenvalue weighted by atomic mass is 32.2. The maximum atomic E-state index is 12.7. The van der Waals surface area contributed by atoms with E-state index in [9.17, 15) is 13.2 Å². The Morgan fingerprint density at radius 3 is 2.47 bits per heavy atom. The Morgan fingerprint density at radius 2 is 1.87 bits per heavy atom. The lowest BCUT2D eigenvalue weighted by Crippen LogP contribution is -2.53. The van der Waals surface area contributed by atoms with Crippen LogP contribution < -0.4 is 0 Å². The second-order valence-corrected chi connectivity index (χ2v) is 9.99. The van der Waals surface area contributed by atoms with Gasteiger partial charge in [-0.2, -0.15) is 8.42 Å². The van der Waals surface area contributed by atoms with Crippen molar-refractivity contribution in [1.82, 2.24) is 4.90 Å². The number of amides is 1. The van der Waals surface area contributed by atoms with Gasteiger partial charge in [0.15, 0.2) is 0 Å². The largest absolute Gasteiger partial charge is 0.444 e. The molecule has 2 atom stereocenters. The molecular formula is C21H33NO7S. The lowest BCUT2D eigenvalue weighted by Gasteiger charge is -2.41. The number of carbonyl (C=O) groups excluding carboxylic acids is 1. The molecule has 0 N–H and O–H groups in total. The van der Waals surface area contributed by atoms with Gasteiger partial charge in [0.2, 0.25) is 0 Å². The van der Waals surface area contributed by atoms with Crippen LogP contribution in [0.25, 0.3) is 0 Å². The molecule has 2 rings (SSSR count). The quantitative estimate of drug-likeness (QED) is 0.449. The SMILES string of the molecule is COCO[C@H]1CCCN(C(=O)OC(C)(C)C)[C@@H]1CCOS(=O)(=O)c1ccc(C)cc1. The van der Waals surface area contributed by atoms with Crippen molar-refractivity contribution in [1.29, 1.82) is 0 Å². The Bertz CT molecular complexity index is 787. The first-order valence-electron chi connectivity index (χ1n) is 10.1. The van der Waals surface area contributed by atoms with E-state index < -0.39 is 21.8 Å². The Morgan fingerprint density at radius 1 is 1.20 bits per heavy atom. The third-order valence-electron chi connectivity index (χ3n) is 4.71. The number of ether oxygens (including phenoxy) is 3. The first kappa shape index (κ1) is 24.6. The fourth-order valence-electron chi connectivity index (χ4n) is 3.31. The highest BCUT2D eigenvalue weighted by Gasteiger charge is 2.37. The topological polar surface area (TPSA) is 91.4 Å². The molecule has 1 saturated heterocycles. The van der Waals surface area contributed by atoms with E-state index in [2.05, 4.69) is 0 Å². The minimum atomic E-state index is -3.88. The summed E-state index contributed by atoms with van der Waals surface area (Å²) in [5.74, 6) is 0. The molecule has 9 heteroatoms. The van der Waals surface area contributed by atoms with Crippen LogP contribution in [0.5, 0.6) is 0 Å². The molecule has 1 heterocycles. The van der Waals surface area contributed by atoms with E-state index in [0.29, 0.717) is 13.0 Å². The zero-order valence-electron chi connectivity index (χ0n) is 18.4. The van der Waals surface area contributed by atoms with Crippen LogP contribution in [0, 0.1) is 6.92 Å². The van der Waals surface area contributed by atoms with E-state index in [1.54, 1.807) is 37.8 Å². The average Bonchev–Trinajstić information content (AvgIpc) is 2.65. The number of piperidine rings is 1. The van der Waals surface area contributed by atoms with Crippen LogP contribution in [0.2, 0.25) is 0 Å². The number of likely N-dealkylation sites (tertiary alicyclic amines) is 1. The molecule has 1 aliphatic rings. The number of aryl methyl sites for hydroxylation is 1. The Labute approximate surface area is 179 Å². The van der Waals surface area contributed by atoms with Crippen LogP contribution in [0.4, 0.5) is 4.79 Å². The van der Waals surface area contributed by atoms with E-state index in [1.165, 1.54) is 19.2 Å². The minimum absolute atomic E-state index is 0.0764. The third kappa shape index (κ3) is 7.23. The third-order valence-corrected chi connectivity index (χ3v) is 6.03. The molecule has 170 valence electrons. The van der Waals surface area contributed by atoms with Crippen LogP contribution in [0.1, 0.15) is 45.6 Å². The predicted octanol–water partition coefficient (Wildman–Crippen LogP) is 3.48. The van der Waals surface area contributed by atoms with Crippen molar-refractivity contribution < 1.29 is 31.6 Å². The van der Waals surface area contributed by atoms with Crippen LogP contribution in [0.3, 0.4) is 0 Å². The molecule has 1 aromatic rings. The fraction of sp³-hybridized carbons (Fsp3) is 0.667. The van der Waals surface area contributed by atoms with Gasteiger partial charge in [0.1, 0.15) is 12.4 Å². The summed E-state index contributed by atoms with van der Waals surface area (Å²) < 4.78 is 46.5. The molecular weight excluding hydrogens is 410 g/mol. The van der Waals surface area contributed by atoms with Gasteiger partial charge >= 0.3 is 6.09 Å². The summed E-state index contributed by atoms with van der Waals surface area (Å²) in [6, 6.07) is 6.09. The number of hydrogen-bond donors (Lipinski definition) is 0. The van der Waals surface area contributed by atoms with Crippen LogP contribution in [-0.2, 0) is 28.5 Å². The molecule has 0 aliphatic carbocycles. The number of methoxy groups -OCH3 is 1. The maximum Gasteiger partial charge on any atom is 0.410 e. The summed E-state index contributed by atoms with van der Waals surface area (Å²) in [5, 5.41) is 0. The van der Waals surface area contributed by atoms with Crippen molar-refractivity contribution in [3.8, 4) is 0 Å². The first-order chi connectivity index (χ1) is 14.0. The van der Waals surface area contributed by atoms with Crippen molar-refractivity contribution in [2.45, 2.75) is 69.6 Å². The monoisotopic (exact) mass is 443 g/mol. The van der Waals surface area contributed by atoms with Gasteiger partial charge in [0.05, 0.1) is 23.6 Å². The average molecular weight is 444 g/mol. The first-order valence-corrected chi connectivity index (χ1v) is 11.5. The molecule has 0 saturated carbocycles. The normalized spacial score (nSPS) is 20.2. The molecule has 30 heavy (non-hydrogen) atoms. The van der Waals surface area contributed by atoms with Crippen molar-refractivity contribution in [3.63, 3.8) is 0 Å². The summed E-state index contributed by atoms with van der Waals surface area (Å²) in [7, 11) is -2.35. The zero-order valence-corrected chi connectivity index (χ0v) is 19.2. The number of carbonyl (C=O) groups is 1. The van der Waals surface area contributed by atoms with Crippen molar-refractivity contribution in [2.75, 3.05) is 27.1 Å². The van der Waals surface area contributed by atoms with Crippen LogP contribution in [0.15, 0.2) is 29.2 Å². The maximum absolute atomic E-state index is 12.7. The number of benzene rings is 1. The highest BCUT2D eigenvalue weighted by Crippen LogP contribution is 2.26. The van der Waals surface area contributed by atoms with E-state index in [0.717, 1.165) is 18.4 Å². The molecule has 0 aromatic heterocycles. The van der Waals surface area contributed by atoms with Gasteiger partial charge in [-0.05, 0) is 59.1 Å². The van der Waals surface area contributed by atoms with Crippen LogP contribution >= 0.6 is 0 Å². The Hall–Kier alpha value is -1.68. The molecule has 8 nitrogen and oxygen atoms in total. The van der Waals surface area contributed by atoms with Crippen molar-refractivity contribution in [2.24, 2.45) is 0 Å². The molecule has 0 bridgehead atoms. The van der Waals surface area contributed by atoms with Gasteiger partial charge < -0.3 is 19.1 Å². The van der Waals surface area contributed by atoms with Crippen molar-refractivity contribution >= 4 is 16.2 Å². The van der Waals surface area contributed by atoms with Crippen LogP contribution in [-0.4, -0.2) is 64.2 Å². The lowest BCUT2D eigenvalue weighted by molar-refractivity contribution is -0.116. The summed E-state index contributed by atoms with van der Waals surface area (Å²) in [5.41, 5.74) is 0.329.